The van der Waals surface area contributed by atoms with E-state index >= 15 is 0 Å². The minimum atomic E-state index is -0.521. The summed E-state index contributed by atoms with van der Waals surface area (Å²) in [5.74, 6) is 8.24. The fourth-order valence-electron chi connectivity index (χ4n) is 6.57. The summed E-state index contributed by atoms with van der Waals surface area (Å²) in [7, 11) is 0. The Morgan fingerprint density at radius 1 is 0.658 bits per heavy atom. The van der Waals surface area contributed by atoms with Gasteiger partial charge in [-0.15, -0.1) is 0 Å². The summed E-state index contributed by atoms with van der Waals surface area (Å²) in [4.78, 5) is 0. The second kappa shape index (κ2) is 9.66. The van der Waals surface area contributed by atoms with Crippen molar-refractivity contribution in [2.45, 2.75) is 43.9 Å². The lowest BCUT2D eigenvalue weighted by Gasteiger charge is -2.36. The van der Waals surface area contributed by atoms with Gasteiger partial charge in [0.05, 0.1) is 0 Å². The summed E-state index contributed by atoms with van der Waals surface area (Å²) in [5, 5.41) is 0. The molecule has 2 saturated carbocycles. The molecule has 4 aromatic rings. The lowest BCUT2D eigenvalue weighted by atomic mass is 9.65. The maximum absolute atomic E-state index is 3.98. The molecule has 7 rings (SSSR count). The van der Waals surface area contributed by atoms with E-state index in [-0.39, 0.29) is 0 Å². The lowest BCUT2D eigenvalue weighted by Crippen LogP contribution is -2.29. The molecule has 0 aliphatic heterocycles. The maximum Gasteiger partial charge on any atom is 0.108 e. The Balaban J connectivity index is 1.61. The van der Waals surface area contributed by atoms with Gasteiger partial charge in [0.25, 0.3) is 0 Å². The minimum absolute atomic E-state index is 0.521. The topological polar surface area (TPSA) is 0 Å². The summed E-state index contributed by atoms with van der Waals surface area (Å²) >= 11 is 0. The number of allylic oxidation sites excluding steroid dienone is 4. The number of hydrogen-bond donors (Lipinski definition) is 0. The Morgan fingerprint density at radius 2 is 1.29 bits per heavy atom. The highest BCUT2D eigenvalue weighted by Gasteiger charge is 2.49. The van der Waals surface area contributed by atoms with Crippen LogP contribution in [0.15, 0.2) is 126 Å². The van der Waals surface area contributed by atoms with Crippen LogP contribution in [0.5, 0.6) is 0 Å². The molecule has 4 aromatic carbocycles. The zero-order chi connectivity index (χ0) is 25.4. The quantitative estimate of drug-likeness (QED) is 0.251. The molecule has 0 aromatic heterocycles. The third-order valence-electron chi connectivity index (χ3n) is 8.78. The number of fused-ring (bicyclic) bond motifs is 1. The van der Waals surface area contributed by atoms with Gasteiger partial charge in [0, 0.05) is 5.56 Å². The van der Waals surface area contributed by atoms with E-state index in [9.17, 15) is 0 Å². The van der Waals surface area contributed by atoms with Crippen LogP contribution in [0.1, 0.15) is 66.3 Å². The maximum atomic E-state index is 3.98. The highest BCUT2D eigenvalue weighted by atomic mass is 14.5. The standard InChI is InChI=1S/C38H32/c1-4-14-28(15-5-1)26-27-38(32-22-8-3-9-23-32)34-25-11-10-24-33(34)36(31-20-13-21-31)37(38)35(30-18-12-19-30)29-16-6-2-7-17-29/h1-11,14-17,22-25,31H,12-13,18-21H2/t38-/m1/s1. The fourth-order valence-corrected chi connectivity index (χ4v) is 6.57. The average Bonchev–Trinajstić information content (AvgIpc) is 3.20. The van der Waals surface area contributed by atoms with E-state index in [4.69, 9.17) is 0 Å². The fraction of sp³-hybridized carbons (Fsp3) is 0.211. The van der Waals surface area contributed by atoms with Crippen molar-refractivity contribution in [2.24, 2.45) is 5.92 Å². The van der Waals surface area contributed by atoms with E-state index in [1.807, 2.05) is 0 Å². The Kier molecular flexibility index (Phi) is 5.87. The van der Waals surface area contributed by atoms with Gasteiger partial charge >= 0.3 is 0 Å². The van der Waals surface area contributed by atoms with Crippen LogP contribution in [0, 0.1) is 17.8 Å². The largest absolute Gasteiger partial charge is 0.108 e. The van der Waals surface area contributed by atoms with Crippen LogP contribution in [0.4, 0.5) is 0 Å². The van der Waals surface area contributed by atoms with Crippen LogP contribution in [0.2, 0.25) is 0 Å². The van der Waals surface area contributed by atoms with E-state index in [0.29, 0.717) is 5.92 Å². The van der Waals surface area contributed by atoms with Gasteiger partial charge in [0.1, 0.15) is 5.41 Å². The number of hydrogen-bond acceptors (Lipinski definition) is 0. The Morgan fingerprint density at radius 3 is 1.92 bits per heavy atom. The first-order valence-electron chi connectivity index (χ1n) is 14.1. The van der Waals surface area contributed by atoms with Gasteiger partial charge in [-0.1, -0.05) is 127 Å². The third kappa shape index (κ3) is 3.69. The minimum Gasteiger partial charge on any atom is -0.0764 e. The molecule has 0 unspecified atom stereocenters. The first-order chi connectivity index (χ1) is 18.9. The summed E-state index contributed by atoms with van der Waals surface area (Å²) in [5.41, 5.74) is 12.0. The molecule has 1 atom stereocenters. The molecule has 0 N–H and O–H groups in total. The molecule has 0 nitrogen and oxygen atoms in total. The van der Waals surface area contributed by atoms with Gasteiger partial charge in [-0.05, 0) is 89.1 Å². The molecule has 0 heteroatoms. The second-order valence-corrected chi connectivity index (χ2v) is 10.9. The van der Waals surface area contributed by atoms with Gasteiger partial charge < -0.3 is 0 Å². The predicted octanol–water partition coefficient (Wildman–Crippen LogP) is 9.23. The van der Waals surface area contributed by atoms with Crippen molar-refractivity contribution >= 4 is 11.1 Å². The summed E-state index contributed by atoms with van der Waals surface area (Å²) in [6.45, 7) is 0. The SMILES string of the molecule is C(#C[C@]1(c2ccccc2)C(C(=C2CCC2)c2ccccc2)=C(C2CCC2)c2ccccc21)c1ccccc1. The van der Waals surface area contributed by atoms with Crippen LogP contribution in [-0.4, -0.2) is 0 Å². The molecule has 0 saturated heterocycles. The van der Waals surface area contributed by atoms with E-state index in [2.05, 4.69) is 127 Å². The molecule has 0 spiro atoms. The van der Waals surface area contributed by atoms with Crippen molar-refractivity contribution in [2.75, 3.05) is 0 Å². The van der Waals surface area contributed by atoms with Crippen molar-refractivity contribution in [3.8, 4) is 11.8 Å². The van der Waals surface area contributed by atoms with E-state index in [1.165, 1.54) is 71.9 Å². The van der Waals surface area contributed by atoms with Crippen LogP contribution in [0.3, 0.4) is 0 Å². The number of benzene rings is 4. The van der Waals surface area contributed by atoms with Crippen molar-refractivity contribution < 1.29 is 0 Å². The van der Waals surface area contributed by atoms with Gasteiger partial charge in [-0.3, -0.25) is 0 Å². The molecule has 3 aliphatic carbocycles. The molecule has 0 amide bonds. The zero-order valence-electron chi connectivity index (χ0n) is 21.8. The first kappa shape index (κ1) is 23.1. The normalized spacial score (nSPS) is 20.2. The second-order valence-electron chi connectivity index (χ2n) is 10.9. The molecule has 0 bridgehead atoms. The van der Waals surface area contributed by atoms with Gasteiger partial charge in [-0.25, -0.2) is 0 Å². The molecule has 184 valence electrons. The Labute approximate surface area is 226 Å². The lowest BCUT2D eigenvalue weighted by molar-refractivity contribution is 0.400. The molecule has 0 heterocycles. The van der Waals surface area contributed by atoms with Crippen LogP contribution >= 0.6 is 0 Å². The summed E-state index contributed by atoms with van der Waals surface area (Å²) < 4.78 is 0. The summed E-state index contributed by atoms with van der Waals surface area (Å²) in [6, 6.07) is 41.9. The highest BCUT2D eigenvalue weighted by Crippen LogP contribution is 2.60. The number of rotatable bonds is 4. The molecule has 2 fully saturated rings. The van der Waals surface area contributed by atoms with Crippen LogP contribution in [-0.2, 0) is 5.41 Å². The monoisotopic (exact) mass is 488 g/mol. The zero-order valence-corrected chi connectivity index (χ0v) is 21.8. The predicted molar refractivity (Wildman–Crippen MR) is 158 cm³/mol. The van der Waals surface area contributed by atoms with E-state index in [1.54, 1.807) is 11.1 Å². The molecular formula is C38H32. The van der Waals surface area contributed by atoms with Crippen LogP contribution in [0.25, 0.3) is 11.1 Å². The van der Waals surface area contributed by atoms with E-state index < -0.39 is 5.41 Å². The van der Waals surface area contributed by atoms with Gasteiger partial charge in [0.15, 0.2) is 0 Å². The molecule has 0 radical (unpaired) electrons. The third-order valence-corrected chi connectivity index (χ3v) is 8.78. The highest BCUT2D eigenvalue weighted by molar-refractivity contribution is 6.01. The van der Waals surface area contributed by atoms with Crippen molar-refractivity contribution in [1.82, 2.24) is 0 Å². The molecule has 38 heavy (non-hydrogen) atoms. The molecule has 3 aliphatic rings. The van der Waals surface area contributed by atoms with Crippen molar-refractivity contribution in [1.29, 1.82) is 0 Å². The van der Waals surface area contributed by atoms with Crippen molar-refractivity contribution in [3.05, 3.63) is 154 Å². The molecular weight excluding hydrogens is 456 g/mol. The Hall–Kier alpha value is -4.08. The van der Waals surface area contributed by atoms with Crippen LogP contribution < -0.4 is 0 Å². The van der Waals surface area contributed by atoms with E-state index in [0.717, 1.165) is 5.56 Å². The smallest absolute Gasteiger partial charge is 0.0764 e. The average molecular weight is 489 g/mol. The Bertz CT molecular complexity index is 1580. The summed E-state index contributed by atoms with van der Waals surface area (Å²) in [6.07, 6.45) is 7.48. The van der Waals surface area contributed by atoms with Crippen molar-refractivity contribution in [3.63, 3.8) is 0 Å². The van der Waals surface area contributed by atoms with Gasteiger partial charge in [0.2, 0.25) is 0 Å². The van der Waals surface area contributed by atoms with Gasteiger partial charge in [-0.2, -0.15) is 0 Å². The first-order valence-corrected chi connectivity index (χ1v) is 14.1.